The predicted octanol–water partition coefficient (Wildman–Crippen LogP) is 3.01. The van der Waals surface area contributed by atoms with E-state index in [-0.39, 0.29) is 6.61 Å². The third-order valence-corrected chi connectivity index (χ3v) is 3.15. The molecule has 0 amide bonds. The van der Waals surface area contributed by atoms with Crippen LogP contribution in [0.2, 0.25) is 0 Å². The van der Waals surface area contributed by atoms with Gasteiger partial charge in [-0.2, -0.15) is 5.10 Å². The van der Waals surface area contributed by atoms with Crippen LogP contribution < -0.4 is 0 Å². The van der Waals surface area contributed by atoms with Gasteiger partial charge in [-0.1, -0.05) is 32.0 Å². The highest BCUT2D eigenvalue weighted by Gasteiger charge is 2.11. The molecule has 1 heterocycles. The minimum absolute atomic E-state index is 0.0813. The summed E-state index contributed by atoms with van der Waals surface area (Å²) in [6.07, 6.45) is 1.84. The summed E-state index contributed by atoms with van der Waals surface area (Å²) >= 11 is 0. The summed E-state index contributed by atoms with van der Waals surface area (Å²) in [4.78, 5) is 0. The number of hydrogen-bond donors (Lipinski definition) is 1. The molecular weight excluding hydrogens is 224 g/mol. The van der Waals surface area contributed by atoms with Gasteiger partial charge in [-0.3, -0.25) is 4.68 Å². The minimum atomic E-state index is 0.0813. The average molecular weight is 244 g/mol. The number of aliphatic hydroxyl groups excluding tert-OH is 1. The molecule has 0 saturated heterocycles. The molecule has 0 aliphatic carbocycles. The van der Waals surface area contributed by atoms with Crippen LogP contribution in [0.15, 0.2) is 30.5 Å². The van der Waals surface area contributed by atoms with Crippen molar-refractivity contribution in [2.75, 3.05) is 0 Å². The number of hydrogen-bond acceptors (Lipinski definition) is 2. The first-order chi connectivity index (χ1) is 8.63. The lowest BCUT2D eigenvalue weighted by atomic mass is 10.0. The van der Waals surface area contributed by atoms with Crippen LogP contribution in [0.4, 0.5) is 0 Å². The average Bonchev–Trinajstić information content (AvgIpc) is 2.76. The van der Waals surface area contributed by atoms with Crippen LogP contribution in [0.5, 0.6) is 0 Å². The lowest BCUT2D eigenvalue weighted by Gasteiger charge is -2.13. The Morgan fingerprint density at radius 2 is 2.06 bits per heavy atom. The Hall–Kier alpha value is -1.61. The van der Waals surface area contributed by atoms with E-state index in [0.29, 0.717) is 5.92 Å². The van der Waals surface area contributed by atoms with Gasteiger partial charge in [-0.25, -0.2) is 0 Å². The van der Waals surface area contributed by atoms with Crippen molar-refractivity contribution in [1.29, 1.82) is 0 Å². The van der Waals surface area contributed by atoms with Gasteiger partial charge in [0.25, 0.3) is 0 Å². The van der Waals surface area contributed by atoms with Gasteiger partial charge in [0, 0.05) is 18.3 Å². The molecule has 0 radical (unpaired) electrons. The molecule has 1 aromatic carbocycles. The second kappa shape index (κ2) is 5.36. The van der Waals surface area contributed by atoms with Crippen molar-refractivity contribution >= 4 is 0 Å². The molecule has 2 rings (SSSR count). The maximum atomic E-state index is 9.33. The highest BCUT2D eigenvalue weighted by Crippen LogP contribution is 2.26. The summed E-state index contributed by atoms with van der Waals surface area (Å²) in [6, 6.07) is 8.07. The summed E-state index contributed by atoms with van der Waals surface area (Å²) in [5.41, 5.74) is 4.38. The Morgan fingerprint density at radius 1 is 1.28 bits per heavy atom. The predicted molar refractivity (Wildman–Crippen MR) is 73.2 cm³/mol. The van der Waals surface area contributed by atoms with Gasteiger partial charge in [0.15, 0.2) is 0 Å². The van der Waals surface area contributed by atoms with Crippen LogP contribution in [0.3, 0.4) is 0 Å². The first-order valence-corrected chi connectivity index (χ1v) is 6.35. The van der Waals surface area contributed by atoms with Gasteiger partial charge in [0.1, 0.15) is 0 Å². The van der Waals surface area contributed by atoms with Crippen molar-refractivity contribution < 1.29 is 5.11 Å². The number of benzene rings is 1. The highest BCUT2D eigenvalue weighted by molar-refractivity contribution is 5.65. The van der Waals surface area contributed by atoms with Gasteiger partial charge in [-0.15, -0.1) is 0 Å². The fourth-order valence-electron chi connectivity index (χ4n) is 2.19. The summed E-state index contributed by atoms with van der Waals surface area (Å²) in [5.74, 6) is 0.560. The van der Waals surface area contributed by atoms with E-state index in [1.807, 2.05) is 36.0 Å². The zero-order chi connectivity index (χ0) is 13.1. The van der Waals surface area contributed by atoms with Crippen molar-refractivity contribution in [2.45, 2.75) is 33.9 Å². The van der Waals surface area contributed by atoms with E-state index in [1.165, 1.54) is 0 Å². The number of rotatable bonds is 4. The van der Waals surface area contributed by atoms with E-state index >= 15 is 0 Å². The minimum Gasteiger partial charge on any atom is -0.392 e. The fourth-order valence-corrected chi connectivity index (χ4v) is 2.19. The Labute approximate surface area is 108 Å². The molecule has 1 N–H and O–H groups in total. The second-order valence-corrected chi connectivity index (χ2v) is 5.04. The van der Waals surface area contributed by atoms with Crippen molar-refractivity contribution in [3.63, 3.8) is 0 Å². The van der Waals surface area contributed by atoms with Crippen LogP contribution in [0.25, 0.3) is 11.3 Å². The number of aromatic nitrogens is 2. The van der Waals surface area contributed by atoms with Crippen LogP contribution in [0.1, 0.15) is 25.0 Å². The van der Waals surface area contributed by atoms with Crippen molar-refractivity contribution in [3.05, 3.63) is 41.6 Å². The van der Waals surface area contributed by atoms with E-state index in [9.17, 15) is 5.11 Å². The first kappa shape index (κ1) is 12.8. The number of aliphatic hydroxyl groups is 1. The van der Waals surface area contributed by atoms with Crippen LogP contribution >= 0.6 is 0 Å². The number of nitrogens with zero attached hydrogens (tertiary/aromatic N) is 2. The monoisotopic (exact) mass is 244 g/mol. The highest BCUT2D eigenvalue weighted by atomic mass is 16.3. The van der Waals surface area contributed by atoms with Gasteiger partial charge < -0.3 is 5.11 Å². The van der Waals surface area contributed by atoms with E-state index in [4.69, 9.17) is 0 Å². The van der Waals surface area contributed by atoms with Crippen LogP contribution in [-0.4, -0.2) is 14.9 Å². The lowest BCUT2D eigenvalue weighted by molar-refractivity contribution is 0.281. The molecule has 0 spiro atoms. The largest absolute Gasteiger partial charge is 0.392 e. The maximum Gasteiger partial charge on any atom is 0.0685 e. The van der Waals surface area contributed by atoms with Gasteiger partial charge in [-0.05, 0) is 30.0 Å². The van der Waals surface area contributed by atoms with Crippen LogP contribution in [-0.2, 0) is 13.2 Å². The molecule has 3 heteroatoms. The van der Waals surface area contributed by atoms with E-state index in [1.54, 1.807) is 0 Å². The molecule has 2 aromatic rings. The summed E-state index contributed by atoms with van der Waals surface area (Å²) < 4.78 is 2.04. The van der Waals surface area contributed by atoms with E-state index < -0.39 is 0 Å². The SMILES string of the molecule is Cc1c(CO)cccc1-c1ccnn1CC(C)C. The zero-order valence-electron chi connectivity index (χ0n) is 11.2. The molecule has 18 heavy (non-hydrogen) atoms. The molecule has 0 bridgehead atoms. The summed E-state index contributed by atoms with van der Waals surface area (Å²) in [5, 5.41) is 13.7. The molecule has 0 aliphatic rings. The van der Waals surface area contributed by atoms with Gasteiger partial charge >= 0.3 is 0 Å². The third-order valence-electron chi connectivity index (χ3n) is 3.15. The van der Waals surface area contributed by atoms with Crippen LogP contribution in [0, 0.1) is 12.8 Å². The van der Waals surface area contributed by atoms with Crippen molar-refractivity contribution in [3.8, 4) is 11.3 Å². The fraction of sp³-hybridized carbons (Fsp3) is 0.400. The third kappa shape index (κ3) is 2.46. The molecule has 96 valence electrons. The zero-order valence-corrected chi connectivity index (χ0v) is 11.2. The molecule has 0 unspecified atom stereocenters. The molecule has 0 aliphatic heterocycles. The normalized spacial score (nSPS) is 11.2. The topological polar surface area (TPSA) is 38.1 Å². The van der Waals surface area contributed by atoms with Crippen molar-refractivity contribution in [1.82, 2.24) is 9.78 Å². The van der Waals surface area contributed by atoms with Gasteiger partial charge in [0.2, 0.25) is 0 Å². The van der Waals surface area contributed by atoms with E-state index in [0.717, 1.165) is 28.9 Å². The Kier molecular flexibility index (Phi) is 3.82. The first-order valence-electron chi connectivity index (χ1n) is 6.35. The Bertz CT molecular complexity index is 529. The lowest BCUT2D eigenvalue weighted by Crippen LogP contribution is -2.08. The molecule has 0 saturated carbocycles. The second-order valence-electron chi connectivity index (χ2n) is 5.04. The standard InChI is InChI=1S/C15H20N2O/c1-11(2)9-17-15(7-8-16-17)14-6-4-5-13(10-18)12(14)3/h4-8,11,18H,9-10H2,1-3H3. The maximum absolute atomic E-state index is 9.33. The molecule has 3 nitrogen and oxygen atoms in total. The van der Waals surface area contributed by atoms with Crippen molar-refractivity contribution in [2.24, 2.45) is 5.92 Å². The molecular formula is C15H20N2O. The Balaban J connectivity index is 2.46. The summed E-state index contributed by atoms with van der Waals surface area (Å²) in [6.45, 7) is 7.40. The Morgan fingerprint density at radius 3 is 2.72 bits per heavy atom. The van der Waals surface area contributed by atoms with E-state index in [2.05, 4.69) is 25.0 Å². The van der Waals surface area contributed by atoms with Gasteiger partial charge in [0.05, 0.1) is 12.3 Å². The smallest absolute Gasteiger partial charge is 0.0685 e. The molecule has 0 fully saturated rings. The molecule has 1 aromatic heterocycles. The quantitative estimate of drug-likeness (QED) is 0.897. The molecule has 0 atom stereocenters. The summed E-state index contributed by atoms with van der Waals surface area (Å²) in [7, 11) is 0.